The second kappa shape index (κ2) is 5.00. The van der Waals surface area contributed by atoms with Gasteiger partial charge in [0.2, 0.25) is 0 Å². The fourth-order valence-corrected chi connectivity index (χ4v) is 3.96. The van der Waals surface area contributed by atoms with Crippen LogP contribution in [0.2, 0.25) is 0 Å². The SMILES string of the molecule is Cc1nc(N)c2c(C)c(C)n(C3CCCC(C)C3C)c2n1. The van der Waals surface area contributed by atoms with E-state index < -0.39 is 0 Å². The van der Waals surface area contributed by atoms with Crippen molar-refractivity contribution in [2.75, 3.05) is 5.73 Å². The van der Waals surface area contributed by atoms with Crippen LogP contribution in [-0.4, -0.2) is 14.5 Å². The Morgan fingerprint density at radius 2 is 1.81 bits per heavy atom. The van der Waals surface area contributed by atoms with Gasteiger partial charge in [0, 0.05) is 11.7 Å². The Balaban J connectivity index is 2.25. The van der Waals surface area contributed by atoms with Crippen LogP contribution in [0.1, 0.15) is 56.2 Å². The van der Waals surface area contributed by atoms with Crippen LogP contribution in [0.4, 0.5) is 5.82 Å². The molecule has 0 aromatic carbocycles. The van der Waals surface area contributed by atoms with Gasteiger partial charge in [-0.05, 0) is 44.6 Å². The van der Waals surface area contributed by atoms with Crippen LogP contribution in [0, 0.1) is 32.6 Å². The molecule has 0 bridgehead atoms. The summed E-state index contributed by atoms with van der Waals surface area (Å²) in [7, 11) is 0. The first kappa shape index (κ1) is 14.4. The molecule has 3 rings (SSSR count). The minimum atomic E-state index is 0.527. The predicted octanol–water partition coefficient (Wildman–Crippen LogP) is 3.94. The lowest BCUT2D eigenvalue weighted by atomic mass is 9.78. The van der Waals surface area contributed by atoms with Gasteiger partial charge in [-0.15, -0.1) is 0 Å². The Hall–Kier alpha value is -1.58. The van der Waals surface area contributed by atoms with Crippen molar-refractivity contribution >= 4 is 16.9 Å². The molecule has 4 nitrogen and oxygen atoms in total. The largest absolute Gasteiger partial charge is 0.383 e. The van der Waals surface area contributed by atoms with Crippen LogP contribution in [0.5, 0.6) is 0 Å². The number of nitrogen functional groups attached to an aromatic ring is 1. The average Bonchev–Trinajstić information content (AvgIpc) is 2.66. The second-order valence-electron chi connectivity index (χ2n) is 6.77. The van der Waals surface area contributed by atoms with E-state index in [9.17, 15) is 0 Å². The van der Waals surface area contributed by atoms with E-state index in [2.05, 4.69) is 37.2 Å². The maximum atomic E-state index is 6.17. The molecule has 2 heterocycles. The molecule has 4 heteroatoms. The van der Waals surface area contributed by atoms with Crippen LogP contribution in [0.15, 0.2) is 0 Å². The number of rotatable bonds is 1. The van der Waals surface area contributed by atoms with E-state index in [1.807, 2.05) is 6.92 Å². The van der Waals surface area contributed by atoms with Gasteiger partial charge in [-0.3, -0.25) is 0 Å². The first-order valence-electron chi connectivity index (χ1n) is 8.03. The van der Waals surface area contributed by atoms with E-state index in [0.717, 1.165) is 22.8 Å². The number of fused-ring (bicyclic) bond motifs is 1. The minimum absolute atomic E-state index is 0.527. The fourth-order valence-electron chi connectivity index (χ4n) is 3.96. The molecule has 0 radical (unpaired) electrons. The topological polar surface area (TPSA) is 56.7 Å². The highest BCUT2D eigenvalue weighted by atomic mass is 15.1. The number of aromatic nitrogens is 3. The van der Waals surface area contributed by atoms with Crippen LogP contribution >= 0.6 is 0 Å². The summed E-state index contributed by atoms with van der Waals surface area (Å²) in [6.45, 7) is 11.0. The molecule has 2 N–H and O–H groups in total. The standard InChI is InChI=1S/C17H26N4/c1-9-7-6-8-14(10(9)2)21-12(4)11(3)15-16(18)19-13(5)20-17(15)21/h9-10,14H,6-8H2,1-5H3,(H2,18,19,20). The lowest BCUT2D eigenvalue weighted by molar-refractivity contribution is 0.187. The summed E-state index contributed by atoms with van der Waals surface area (Å²) in [6, 6.07) is 0.527. The summed E-state index contributed by atoms with van der Waals surface area (Å²) in [5.74, 6) is 2.81. The van der Waals surface area contributed by atoms with Crippen LogP contribution in [-0.2, 0) is 0 Å². The van der Waals surface area contributed by atoms with Gasteiger partial charge in [0.15, 0.2) is 0 Å². The molecule has 0 saturated heterocycles. The van der Waals surface area contributed by atoms with Gasteiger partial charge in [-0.25, -0.2) is 9.97 Å². The summed E-state index contributed by atoms with van der Waals surface area (Å²) in [5, 5.41) is 1.04. The van der Waals surface area contributed by atoms with Crippen molar-refractivity contribution in [2.24, 2.45) is 11.8 Å². The lowest BCUT2D eigenvalue weighted by Crippen LogP contribution is -2.27. The molecule has 1 saturated carbocycles. The highest BCUT2D eigenvalue weighted by molar-refractivity contribution is 5.91. The quantitative estimate of drug-likeness (QED) is 0.864. The minimum Gasteiger partial charge on any atom is -0.383 e. The molecule has 0 amide bonds. The van der Waals surface area contributed by atoms with Crippen molar-refractivity contribution in [3.05, 3.63) is 17.1 Å². The number of nitrogens with zero attached hydrogens (tertiary/aromatic N) is 3. The molecule has 1 fully saturated rings. The van der Waals surface area contributed by atoms with E-state index in [-0.39, 0.29) is 0 Å². The van der Waals surface area contributed by atoms with Crippen molar-refractivity contribution in [3.63, 3.8) is 0 Å². The fraction of sp³-hybridized carbons (Fsp3) is 0.647. The first-order valence-corrected chi connectivity index (χ1v) is 8.03. The normalized spacial score (nSPS) is 26.4. The third kappa shape index (κ3) is 2.12. The first-order chi connectivity index (χ1) is 9.91. The van der Waals surface area contributed by atoms with Crippen LogP contribution in [0.25, 0.3) is 11.0 Å². The van der Waals surface area contributed by atoms with Gasteiger partial charge in [-0.1, -0.05) is 26.7 Å². The van der Waals surface area contributed by atoms with E-state index in [4.69, 9.17) is 10.7 Å². The molecule has 3 unspecified atom stereocenters. The third-order valence-electron chi connectivity index (χ3n) is 5.53. The zero-order valence-corrected chi connectivity index (χ0v) is 13.8. The predicted molar refractivity (Wildman–Crippen MR) is 87.4 cm³/mol. The maximum absolute atomic E-state index is 6.17. The Labute approximate surface area is 126 Å². The number of hydrogen-bond donors (Lipinski definition) is 1. The van der Waals surface area contributed by atoms with Gasteiger partial charge in [0.25, 0.3) is 0 Å². The molecule has 1 aliphatic rings. The summed E-state index contributed by atoms with van der Waals surface area (Å²) in [4.78, 5) is 9.07. The molecule has 0 aliphatic heterocycles. The van der Waals surface area contributed by atoms with Gasteiger partial charge in [0.1, 0.15) is 17.3 Å². The highest BCUT2D eigenvalue weighted by Gasteiger charge is 2.31. The zero-order chi connectivity index (χ0) is 15.3. The van der Waals surface area contributed by atoms with E-state index in [0.29, 0.717) is 17.8 Å². The second-order valence-corrected chi connectivity index (χ2v) is 6.77. The molecular formula is C17H26N4. The smallest absolute Gasteiger partial charge is 0.146 e. The molecule has 1 aliphatic carbocycles. The Morgan fingerprint density at radius 3 is 2.52 bits per heavy atom. The average molecular weight is 286 g/mol. The molecular weight excluding hydrogens is 260 g/mol. The third-order valence-corrected chi connectivity index (χ3v) is 5.53. The van der Waals surface area contributed by atoms with Crippen molar-refractivity contribution < 1.29 is 0 Å². The van der Waals surface area contributed by atoms with Gasteiger partial charge >= 0.3 is 0 Å². The summed E-state index contributed by atoms with van der Waals surface area (Å²) < 4.78 is 2.44. The van der Waals surface area contributed by atoms with Crippen molar-refractivity contribution in [1.29, 1.82) is 0 Å². The molecule has 21 heavy (non-hydrogen) atoms. The summed E-state index contributed by atoms with van der Waals surface area (Å²) >= 11 is 0. The molecule has 2 aromatic heterocycles. The van der Waals surface area contributed by atoms with E-state index in [1.165, 1.54) is 30.5 Å². The molecule has 114 valence electrons. The summed E-state index contributed by atoms with van der Waals surface area (Å²) in [6.07, 6.45) is 3.87. The Bertz CT molecular complexity index is 686. The van der Waals surface area contributed by atoms with Crippen molar-refractivity contribution in [2.45, 2.75) is 59.9 Å². The zero-order valence-electron chi connectivity index (χ0n) is 13.8. The number of aryl methyl sites for hydroxylation is 2. The number of hydrogen-bond acceptors (Lipinski definition) is 3. The monoisotopic (exact) mass is 286 g/mol. The maximum Gasteiger partial charge on any atom is 0.146 e. The molecule has 3 atom stereocenters. The van der Waals surface area contributed by atoms with Crippen molar-refractivity contribution in [3.8, 4) is 0 Å². The van der Waals surface area contributed by atoms with Crippen LogP contribution < -0.4 is 5.73 Å². The van der Waals surface area contributed by atoms with Crippen molar-refractivity contribution in [1.82, 2.24) is 14.5 Å². The lowest BCUT2D eigenvalue weighted by Gasteiger charge is -2.36. The van der Waals surface area contributed by atoms with Crippen LogP contribution in [0.3, 0.4) is 0 Å². The van der Waals surface area contributed by atoms with Gasteiger partial charge < -0.3 is 10.3 Å². The van der Waals surface area contributed by atoms with E-state index >= 15 is 0 Å². The van der Waals surface area contributed by atoms with E-state index in [1.54, 1.807) is 0 Å². The number of anilines is 1. The summed E-state index contributed by atoms with van der Waals surface area (Å²) in [5.41, 5.74) is 9.72. The highest BCUT2D eigenvalue weighted by Crippen LogP contribution is 2.41. The Morgan fingerprint density at radius 1 is 1.10 bits per heavy atom. The van der Waals surface area contributed by atoms with Gasteiger partial charge in [0.05, 0.1) is 5.39 Å². The molecule has 2 aromatic rings. The Kier molecular flexibility index (Phi) is 3.42. The van der Waals surface area contributed by atoms with Gasteiger partial charge in [-0.2, -0.15) is 0 Å². The number of nitrogens with two attached hydrogens (primary N) is 1. The molecule has 0 spiro atoms.